The van der Waals surface area contributed by atoms with E-state index >= 15 is 0 Å². The fourth-order valence-corrected chi connectivity index (χ4v) is 3.19. The maximum atomic E-state index is 11.1. The van der Waals surface area contributed by atoms with Crippen molar-refractivity contribution in [2.75, 3.05) is 11.4 Å². The molecule has 108 valence electrons. The van der Waals surface area contributed by atoms with Gasteiger partial charge >= 0.3 is 5.97 Å². The number of aromatic carboxylic acids is 1. The summed E-state index contributed by atoms with van der Waals surface area (Å²) < 4.78 is 0. The van der Waals surface area contributed by atoms with Crippen molar-refractivity contribution in [3.05, 3.63) is 10.6 Å². The van der Waals surface area contributed by atoms with Gasteiger partial charge in [-0.25, -0.2) is 9.78 Å². The minimum atomic E-state index is -0.936. The minimum absolute atomic E-state index is 0.194. The molecule has 0 spiro atoms. The standard InChI is InChI=1S/C14H24N2O2S/c1-6-11(7-2)16(8-9(3)4)14-15-12(13(17)18)10(5)19-14/h9,11H,6-8H2,1-5H3,(H,17,18). The monoisotopic (exact) mass is 284 g/mol. The van der Waals surface area contributed by atoms with Gasteiger partial charge in [-0.1, -0.05) is 27.7 Å². The molecular formula is C14H24N2O2S. The van der Waals surface area contributed by atoms with Crippen molar-refractivity contribution in [2.45, 2.75) is 53.5 Å². The smallest absolute Gasteiger partial charge is 0.355 e. The number of nitrogens with zero attached hydrogens (tertiary/aromatic N) is 2. The number of carbonyl (C=O) groups is 1. The summed E-state index contributed by atoms with van der Waals surface area (Å²) in [6, 6.07) is 0.426. The van der Waals surface area contributed by atoms with Gasteiger partial charge in [-0.3, -0.25) is 0 Å². The molecule has 1 heterocycles. The maximum Gasteiger partial charge on any atom is 0.355 e. The second-order valence-electron chi connectivity index (χ2n) is 5.22. The van der Waals surface area contributed by atoms with Gasteiger partial charge in [0.15, 0.2) is 10.8 Å². The van der Waals surface area contributed by atoms with Gasteiger partial charge in [0.05, 0.1) is 0 Å². The quantitative estimate of drug-likeness (QED) is 0.827. The summed E-state index contributed by atoms with van der Waals surface area (Å²) >= 11 is 1.49. The van der Waals surface area contributed by atoms with Crippen LogP contribution in [0.15, 0.2) is 0 Å². The number of carboxylic acids is 1. The lowest BCUT2D eigenvalue weighted by atomic mass is 10.1. The Kier molecular flexibility index (Phi) is 5.79. The average Bonchev–Trinajstić information content (AvgIpc) is 2.71. The molecular weight excluding hydrogens is 260 g/mol. The normalized spacial score (nSPS) is 11.3. The van der Waals surface area contributed by atoms with Crippen molar-refractivity contribution in [3.8, 4) is 0 Å². The SMILES string of the molecule is CCC(CC)N(CC(C)C)c1nc(C(=O)O)c(C)s1. The zero-order chi connectivity index (χ0) is 14.6. The first-order valence-electron chi connectivity index (χ1n) is 6.87. The number of aryl methyl sites for hydroxylation is 1. The molecule has 0 saturated carbocycles. The highest BCUT2D eigenvalue weighted by Crippen LogP contribution is 2.29. The molecule has 1 aromatic rings. The Morgan fingerprint density at radius 3 is 2.32 bits per heavy atom. The number of aromatic nitrogens is 1. The summed E-state index contributed by atoms with van der Waals surface area (Å²) in [5, 5.41) is 9.97. The van der Waals surface area contributed by atoms with Crippen LogP contribution in [0.25, 0.3) is 0 Å². The summed E-state index contributed by atoms with van der Waals surface area (Å²) in [6.07, 6.45) is 2.09. The van der Waals surface area contributed by atoms with Crippen LogP contribution < -0.4 is 4.90 Å². The molecule has 0 aromatic carbocycles. The van der Waals surface area contributed by atoms with Crippen LogP contribution in [0.5, 0.6) is 0 Å². The van der Waals surface area contributed by atoms with E-state index in [2.05, 4.69) is 37.6 Å². The molecule has 0 radical (unpaired) electrons. The second kappa shape index (κ2) is 6.89. The molecule has 0 saturated heterocycles. The Hall–Kier alpha value is -1.10. The Labute approximate surface area is 119 Å². The Morgan fingerprint density at radius 1 is 1.37 bits per heavy atom. The van der Waals surface area contributed by atoms with Crippen molar-refractivity contribution in [1.82, 2.24) is 4.98 Å². The topological polar surface area (TPSA) is 53.4 Å². The van der Waals surface area contributed by atoms with E-state index in [1.807, 2.05) is 6.92 Å². The third-order valence-corrected chi connectivity index (χ3v) is 4.19. The number of rotatable bonds is 7. The molecule has 0 amide bonds. The number of hydrogen-bond donors (Lipinski definition) is 1. The van der Waals surface area contributed by atoms with Crippen molar-refractivity contribution < 1.29 is 9.90 Å². The summed E-state index contributed by atoms with van der Waals surface area (Å²) in [4.78, 5) is 18.5. The highest BCUT2D eigenvalue weighted by molar-refractivity contribution is 7.15. The van der Waals surface area contributed by atoms with E-state index in [4.69, 9.17) is 5.11 Å². The third-order valence-electron chi connectivity index (χ3n) is 3.18. The highest BCUT2D eigenvalue weighted by atomic mass is 32.1. The molecule has 0 atom stereocenters. The highest BCUT2D eigenvalue weighted by Gasteiger charge is 2.23. The summed E-state index contributed by atoms with van der Waals surface area (Å²) in [7, 11) is 0. The van der Waals surface area contributed by atoms with Crippen molar-refractivity contribution >= 4 is 22.4 Å². The van der Waals surface area contributed by atoms with Gasteiger partial charge in [0.25, 0.3) is 0 Å². The number of hydrogen-bond acceptors (Lipinski definition) is 4. The average molecular weight is 284 g/mol. The number of anilines is 1. The summed E-state index contributed by atoms with van der Waals surface area (Å²) in [5.41, 5.74) is 0.194. The fraction of sp³-hybridized carbons (Fsp3) is 0.714. The fourth-order valence-electron chi connectivity index (χ4n) is 2.21. The van der Waals surface area contributed by atoms with E-state index in [-0.39, 0.29) is 5.69 Å². The van der Waals surface area contributed by atoms with Gasteiger partial charge in [0, 0.05) is 17.5 Å². The molecule has 0 bridgehead atoms. The van der Waals surface area contributed by atoms with Gasteiger partial charge in [-0.05, 0) is 25.7 Å². The van der Waals surface area contributed by atoms with E-state index < -0.39 is 5.97 Å². The zero-order valence-electron chi connectivity index (χ0n) is 12.4. The lowest BCUT2D eigenvalue weighted by Crippen LogP contribution is -2.37. The molecule has 4 nitrogen and oxygen atoms in total. The predicted octanol–water partition coefficient (Wildman–Crippen LogP) is 3.80. The van der Waals surface area contributed by atoms with Gasteiger partial charge in [0.2, 0.25) is 0 Å². The van der Waals surface area contributed by atoms with Crippen LogP contribution in [-0.4, -0.2) is 28.6 Å². The van der Waals surface area contributed by atoms with Crippen LogP contribution in [0.3, 0.4) is 0 Å². The molecule has 0 aliphatic carbocycles. The van der Waals surface area contributed by atoms with E-state index in [0.717, 1.165) is 29.4 Å². The van der Waals surface area contributed by atoms with Crippen LogP contribution in [0.4, 0.5) is 5.13 Å². The van der Waals surface area contributed by atoms with E-state index in [9.17, 15) is 4.79 Å². The molecule has 1 aromatic heterocycles. The first kappa shape index (κ1) is 16.0. The lowest BCUT2D eigenvalue weighted by molar-refractivity contribution is 0.0690. The van der Waals surface area contributed by atoms with Crippen LogP contribution in [-0.2, 0) is 0 Å². The first-order chi connectivity index (χ1) is 8.90. The van der Waals surface area contributed by atoms with E-state index in [1.54, 1.807) is 0 Å². The first-order valence-corrected chi connectivity index (χ1v) is 7.69. The number of carboxylic acid groups (broad SMARTS) is 1. The summed E-state index contributed by atoms with van der Waals surface area (Å²) in [5.74, 6) is -0.410. The van der Waals surface area contributed by atoms with Crippen molar-refractivity contribution in [2.24, 2.45) is 5.92 Å². The molecule has 0 aliphatic rings. The van der Waals surface area contributed by atoms with Gasteiger partial charge < -0.3 is 10.0 Å². The van der Waals surface area contributed by atoms with Crippen molar-refractivity contribution in [1.29, 1.82) is 0 Å². The van der Waals surface area contributed by atoms with Crippen LogP contribution in [0, 0.1) is 12.8 Å². The lowest BCUT2D eigenvalue weighted by Gasteiger charge is -2.31. The minimum Gasteiger partial charge on any atom is -0.476 e. The zero-order valence-corrected chi connectivity index (χ0v) is 13.3. The molecule has 0 fully saturated rings. The third kappa shape index (κ3) is 3.93. The molecule has 1 rings (SSSR count). The Balaban J connectivity index is 3.09. The largest absolute Gasteiger partial charge is 0.476 e. The van der Waals surface area contributed by atoms with E-state index in [1.165, 1.54) is 11.3 Å². The Morgan fingerprint density at radius 2 is 1.95 bits per heavy atom. The van der Waals surface area contributed by atoms with Gasteiger partial charge in [-0.15, -0.1) is 11.3 Å². The summed E-state index contributed by atoms with van der Waals surface area (Å²) in [6.45, 7) is 11.4. The van der Waals surface area contributed by atoms with Gasteiger partial charge in [-0.2, -0.15) is 0 Å². The van der Waals surface area contributed by atoms with Crippen LogP contribution >= 0.6 is 11.3 Å². The molecule has 0 unspecified atom stereocenters. The van der Waals surface area contributed by atoms with E-state index in [0.29, 0.717) is 12.0 Å². The molecule has 0 aliphatic heterocycles. The maximum absolute atomic E-state index is 11.1. The second-order valence-corrected chi connectivity index (χ2v) is 6.40. The Bertz CT molecular complexity index is 425. The predicted molar refractivity (Wildman–Crippen MR) is 80.4 cm³/mol. The van der Waals surface area contributed by atoms with Crippen LogP contribution in [0.2, 0.25) is 0 Å². The molecule has 5 heteroatoms. The van der Waals surface area contributed by atoms with Gasteiger partial charge in [0.1, 0.15) is 0 Å². The van der Waals surface area contributed by atoms with Crippen molar-refractivity contribution in [3.63, 3.8) is 0 Å². The molecule has 19 heavy (non-hydrogen) atoms. The molecule has 1 N–H and O–H groups in total. The number of thiazole rings is 1. The van der Waals surface area contributed by atoms with Crippen LogP contribution in [0.1, 0.15) is 55.9 Å².